The van der Waals surface area contributed by atoms with Gasteiger partial charge < -0.3 is 14.8 Å². The molecule has 2 atom stereocenters. The van der Waals surface area contributed by atoms with Gasteiger partial charge in [-0.15, -0.1) is 11.8 Å². The maximum absolute atomic E-state index is 12.9. The Morgan fingerprint density at radius 2 is 2.00 bits per heavy atom. The summed E-state index contributed by atoms with van der Waals surface area (Å²) < 4.78 is 59.9. The third kappa shape index (κ3) is 5.02. The van der Waals surface area contributed by atoms with Crippen LogP contribution in [0.25, 0.3) is 0 Å². The molecule has 34 heavy (non-hydrogen) atoms. The fourth-order valence-electron chi connectivity index (χ4n) is 3.77. The molecule has 1 aliphatic carbocycles. The first kappa shape index (κ1) is 25.1. The van der Waals surface area contributed by atoms with Crippen LogP contribution in [-0.4, -0.2) is 57.0 Å². The number of rotatable bonds is 7. The predicted molar refractivity (Wildman–Crippen MR) is 132 cm³/mol. The van der Waals surface area contributed by atoms with Crippen molar-refractivity contribution in [2.24, 2.45) is 10.4 Å². The van der Waals surface area contributed by atoms with Gasteiger partial charge in [-0.1, -0.05) is 20.8 Å². The Labute approximate surface area is 204 Å². The van der Waals surface area contributed by atoms with Gasteiger partial charge in [-0.2, -0.15) is 4.31 Å². The molecule has 1 fully saturated rings. The van der Waals surface area contributed by atoms with Gasteiger partial charge in [0.1, 0.15) is 23.3 Å². The minimum Gasteiger partial charge on any atom is -0.508 e. The summed E-state index contributed by atoms with van der Waals surface area (Å²) in [5, 5.41) is 14.7. The zero-order valence-corrected chi connectivity index (χ0v) is 22.1. The number of hydrogen-bond acceptors (Lipinski definition) is 9. The molecule has 4 rings (SSSR count). The second-order valence-electron chi connectivity index (χ2n) is 9.81. The molecule has 3 aliphatic rings. The number of hydrogen-bond donors (Lipinski definition) is 3. The van der Waals surface area contributed by atoms with Gasteiger partial charge in [0.05, 0.1) is 17.1 Å². The lowest BCUT2D eigenvalue weighted by atomic mass is 9.85. The monoisotopic (exact) mass is 530 g/mol. The highest BCUT2D eigenvalue weighted by Crippen LogP contribution is 2.40. The van der Waals surface area contributed by atoms with Crippen LogP contribution in [0.15, 0.2) is 42.6 Å². The smallest absolute Gasteiger partial charge is 0.258 e. The zero-order chi connectivity index (χ0) is 25.1. The summed E-state index contributed by atoms with van der Waals surface area (Å²) in [6, 6.07) is 2.32. The topological polar surface area (TPSA) is 141 Å². The number of thioether (sulfide) groups is 1. The van der Waals surface area contributed by atoms with Crippen molar-refractivity contribution in [1.29, 1.82) is 0 Å². The van der Waals surface area contributed by atoms with Crippen molar-refractivity contribution in [1.82, 2.24) is 14.3 Å². The van der Waals surface area contributed by atoms with Crippen LogP contribution < -0.4 is 10.0 Å². The van der Waals surface area contributed by atoms with Crippen LogP contribution in [0.1, 0.15) is 51.2 Å². The average molecular weight is 531 g/mol. The van der Waals surface area contributed by atoms with Crippen LogP contribution in [0.2, 0.25) is 0 Å². The molecule has 0 saturated heterocycles. The van der Waals surface area contributed by atoms with Gasteiger partial charge in [-0.3, -0.25) is 9.71 Å². The molecule has 10 nitrogen and oxygen atoms in total. The Hall–Kier alpha value is -1.96. The molecule has 3 N–H and O–H groups in total. The Morgan fingerprint density at radius 1 is 1.32 bits per heavy atom. The van der Waals surface area contributed by atoms with E-state index in [1.54, 1.807) is 0 Å². The normalized spacial score (nSPS) is 25.1. The highest BCUT2D eigenvalue weighted by molar-refractivity contribution is 8.18. The Morgan fingerprint density at radius 3 is 2.56 bits per heavy atom. The van der Waals surface area contributed by atoms with E-state index in [9.17, 15) is 21.9 Å². The first-order valence-electron chi connectivity index (χ1n) is 10.9. The Kier molecular flexibility index (Phi) is 6.37. The summed E-state index contributed by atoms with van der Waals surface area (Å²) in [4.78, 5) is 4.67. The van der Waals surface area contributed by atoms with Crippen LogP contribution in [0.5, 0.6) is 0 Å². The summed E-state index contributed by atoms with van der Waals surface area (Å²) >= 11 is 1.03. The number of furan rings is 1. The van der Waals surface area contributed by atoms with Crippen molar-refractivity contribution >= 4 is 37.6 Å². The minimum atomic E-state index is -3.81. The predicted octanol–water partition coefficient (Wildman–Crippen LogP) is 2.70. The molecular weight excluding hydrogens is 500 g/mol. The van der Waals surface area contributed by atoms with Crippen LogP contribution >= 0.6 is 11.8 Å². The maximum Gasteiger partial charge on any atom is 0.258 e. The average Bonchev–Trinajstić information content (AvgIpc) is 3.27. The van der Waals surface area contributed by atoms with E-state index in [1.165, 1.54) is 11.4 Å². The number of aryl methyl sites for hydroxylation is 1. The first-order valence-corrected chi connectivity index (χ1v) is 14.9. The molecule has 3 heterocycles. The number of aliphatic hydroxyl groups excluding tert-OH is 1. The third-order valence-electron chi connectivity index (χ3n) is 5.80. The summed E-state index contributed by atoms with van der Waals surface area (Å²) in [6.07, 6.45) is 1.60. The number of amidine groups is 1. The quantitative estimate of drug-likeness (QED) is 0.489. The van der Waals surface area contributed by atoms with Crippen molar-refractivity contribution in [3.05, 3.63) is 44.8 Å². The molecule has 0 amide bonds. The summed E-state index contributed by atoms with van der Waals surface area (Å²) in [5.74, 6) is 1.30. The lowest BCUT2D eigenvalue weighted by molar-refractivity contribution is 0.283. The van der Waals surface area contributed by atoms with E-state index in [4.69, 9.17) is 4.42 Å². The molecule has 0 bridgehead atoms. The highest BCUT2D eigenvalue weighted by Gasteiger charge is 2.42. The van der Waals surface area contributed by atoms with Gasteiger partial charge in [0.25, 0.3) is 20.0 Å². The Bertz CT molecular complexity index is 1280. The molecule has 0 radical (unpaired) electrons. The lowest BCUT2D eigenvalue weighted by Gasteiger charge is -2.26. The van der Waals surface area contributed by atoms with Crippen molar-refractivity contribution in [2.75, 3.05) is 12.8 Å². The molecule has 1 saturated carbocycles. The maximum atomic E-state index is 12.9. The summed E-state index contributed by atoms with van der Waals surface area (Å²) in [5.41, 5.74) is -0.236. The number of aliphatic imine (C=N–C) groups is 1. The van der Waals surface area contributed by atoms with Gasteiger partial charge in [-0.05, 0) is 37.3 Å². The van der Waals surface area contributed by atoms with Crippen LogP contribution in [0.4, 0.5) is 0 Å². The van der Waals surface area contributed by atoms with Crippen LogP contribution in [0, 0.1) is 12.3 Å². The number of aliphatic hydroxyl groups is 1. The SMILES string of the molecule is Cc1ccc([C@H](N=C2NS(=O)(=O)C=C2NC2CSC(S(=O)(=O)N(C)C3CC3)=C2O)C(C)(C)C)o1. The van der Waals surface area contributed by atoms with Crippen LogP contribution in [0.3, 0.4) is 0 Å². The second-order valence-corrected chi connectivity index (χ2v) is 14.6. The second kappa shape index (κ2) is 8.61. The number of nitrogens with one attached hydrogen (secondary N) is 2. The number of nitrogens with zero attached hydrogens (tertiary/aromatic N) is 2. The van der Waals surface area contributed by atoms with Gasteiger partial charge in [0.2, 0.25) is 0 Å². The van der Waals surface area contributed by atoms with E-state index in [2.05, 4.69) is 15.0 Å². The largest absolute Gasteiger partial charge is 0.508 e. The van der Waals surface area contributed by atoms with Crippen LogP contribution in [-0.2, 0) is 20.0 Å². The standard InChI is InChI=1S/C21H30N4O6S3/c1-12-6-9-16(31-12)18(21(2,3)4)23-19-15(11-33(27,28)24-19)22-14-10-32-20(17(14)26)34(29,30)25(5)13-7-8-13/h6,9,11,13-14,18,22,26H,7-8,10H2,1-5H3,(H,23,24)/t14?,18-/m0/s1. The van der Waals surface area contributed by atoms with E-state index in [-0.39, 0.29) is 33.3 Å². The molecule has 1 aromatic heterocycles. The van der Waals surface area contributed by atoms with E-state index in [1.807, 2.05) is 39.8 Å². The van der Waals surface area contributed by atoms with Gasteiger partial charge in [0.15, 0.2) is 10.1 Å². The van der Waals surface area contributed by atoms with Gasteiger partial charge in [-0.25, -0.2) is 16.8 Å². The fraction of sp³-hybridized carbons (Fsp3) is 0.571. The molecule has 1 aromatic rings. The minimum absolute atomic E-state index is 0.0388. The van der Waals surface area contributed by atoms with Gasteiger partial charge in [0, 0.05) is 18.8 Å². The van der Waals surface area contributed by atoms with Crippen molar-refractivity contribution in [3.63, 3.8) is 0 Å². The lowest BCUT2D eigenvalue weighted by Crippen LogP contribution is -2.36. The highest BCUT2D eigenvalue weighted by atomic mass is 32.3. The molecule has 0 aromatic carbocycles. The molecule has 188 valence electrons. The molecule has 1 unspecified atom stereocenters. The third-order valence-corrected chi connectivity index (χ3v) is 10.5. The van der Waals surface area contributed by atoms with Crippen molar-refractivity contribution < 1.29 is 26.4 Å². The van der Waals surface area contributed by atoms with E-state index >= 15 is 0 Å². The molecule has 0 spiro atoms. The fourth-order valence-corrected chi connectivity index (χ4v) is 8.02. The van der Waals surface area contributed by atoms with Crippen molar-refractivity contribution in [2.45, 2.75) is 58.7 Å². The molecule has 2 aliphatic heterocycles. The summed E-state index contributed by atoms with van der Waals surface area (Å²) in [7, 11) is -6.09. The zero-order valence-electron chi connectivity index (χ0n) is 19.7. The summed E-state index contributed by atoms with van der Waals surface area (Å²) in [6.45, 7) is 7.72. The molecular formula is C21H30N4O6S3. The van der Waals surface area contributed by atoms with Crippen molar-refractivity contribution in [3.8, 4) is 0 Å². The Balaban J connectivity index is 1.63. The van der Waals surface area contributed by atoms with E-state index in [0.717, 1.165) is 30.0 Å². The first-order chi connectivity index (χ1) is 15.7. The number of sulfonamides is 2. The van der Waals surface area contributed by atoms with Gasteiger partial charge >= 0.3 is 0 Å². The van der Waals surface area contributed by atoms with E-state index in [0.29, 0.717) is 11.5 Å². The molecule has 13 heteroatoms. The van der Waals surface area contributed by atoms with E-state index < -0.39 is 37.5 Å².